The van der Waals surface area contributed by atoms with Crippen LogP contribution in [0, 0.1) is 0 Å². The molecule has 1 fully saturated rings. The minimum atomic E-state index is -0.855. The molecule has 3 rings (SSSR count). The number of phenolic OH excluding ortho intramolecular Hbond substituents is 1. The van der Waals surface area contributed by atoms with Gasteiger partial charge in [0.15, 0.2) is 0 Å². The van der Waals surface area contributed by atoms with Gasteiger partial charge in [0.25, 0.3) is 5.91 Å². The maximum atomic E-state index is 12.5. The van der Waals surface area contributed by atoms with Gasteiger partial charge in [-0.1, -0.05) is 11.8 Å². The molecule has 3 N–H and O–H groups in total. The summed E-state index contributed by atoms with van der Waals surface area (Å²) in [6.45, 7) is -0.158. The van der Waals surface area contributed by atoms with Crippen molar-refractivity contribution in [3.05, 3.63) is 23.8 Å². The van der Waals surface area contributed by atoms with Crippen molar-refractivity contribution < 1.29 is 24.9 Å². The molecule has 1 saturated heterocycles. The molecule has 0 radical (unpaired) electrons. The van der Waals surface area contributed by atoms with E-state index in [-0.39, 0.29) is 36.3 Å². The molecule has 2 heterocycles. The molecule has 1 aromatic rings. The number of hydrogen-bond donors (Lipinski definition) is 3. The fourth-order valence-electron chi connectivity index (χ4n) is 2.82. The first-order valence-corrected chi connectivity index (χ1v) is 8.02. The van der Waals surface area contributed by atoms with Crippen molar-refractivity contribution in [1.82, 2.24) is 24.8 Å². The van der Waals surface area contributed by atoms with E-state index in [2.05, 4.69) is 15.2 Å². The second kappa shape index (κ2) is 6.98. The number of carbonyl (C=O) groups excluding carboxylic acids is 2. The van der Waals surface area contributed by atoms with Crippen LogP contribution in [0.5, 0.6) is 11.5 Å². The summed E-state index contributed by atoms with van der Waals surface area (Å²) in [5.41, 5.74) is 2.87. The highest BCUT2D eigenvalue weighted by atomic mass is 16.3. The van der Waals surface area contributed by atoms with Gasteiger partial charge in [-0.2, -0.15) is 5.43 Å². The smallest absolute Gasteiger partial charge is 0.421 e. The van der Waals surface area contributed by atoms with Gasteiger partial charge in [0.1, 0.15) is 5.75 Å². The zero-order valence-corrected chi connectivity index (χ0v) is 14.7. The van der Waals surface area contributed by atoms with Gasteiger partial charge in [-0.15, -0.1) is 5.10 Å². The van der Waals surface area contributed by atoms with Crippen LogP contribution in [0.2, 0.25) is 0 Å². The average Bonchev–Trinajstić information content (AvgIpc) is 2.99. The van der Waals surface area contributed by atoms with Crippen molar-refractivity contribution in [2.75, 3.05) is 27.2 Å². The highest BCUT2D eigenvalue weighted by molar-refractivity contribution is 6.23. The molecule has 1 aromatic carbocycles. The number of phenols is 1. The molecule has 2 aliphatic heterocycles. The minimum absolute atomic E-state index is 0.0865. The Labute approximate surface area is 154 Å². The number of β-amino-alcohol motifs (C(OH)–C–C–N with tert-alkyl or cyclic N) is 1. The fraction of sp³-hybridized carbons (Fsp3) is 0.312. The highest BCUT2D eigenvalue weighted by Gasteiger charge is 2.54. The summed E-state index contributed by atoms with van der Waals surface area (Å²) in [5, 5.41) is 34.3. The van der Waals surface area contributed by atoms with Gasteiger partial charge in [0, 0.05) is 7.05 Å². The number of imide groups is 1. The molecule has 2 aliphatic rings. The van der Waals surface area contributed by atoms with E-state index in [9.17, 15) is 24.9 Å². The molecule has 0 bridgehead atoms. The monoisotopic (exact) mass is 374 g/mol. The van der Waals surface area contributed by atoms with E-state index in [1.807, 2.05) is 0 Å². The van der Waals surface area contributed by atoms with Crippen molar-refractivity contribution in [2.45, 2.75) is 6.04 Å². The predicted molar refractivity (Wildman–Crippen MR) is 93.9 cm³/mol. The number of hydrazone groups is 1. The van der Waals surface area contributed by atoms with Gasteiger partial charge < -0.3 is 15.3 Å². The zero-order chi connectivity index (χ0) is 19.7. The van der Waals surface area contributed by atoms with Crippen molar-refractivity contribution in [3.8, 4) is 11.5 Å². The summed E-state index contributed by atoms with van der Waals surface area (Å²) in [4.78, 5) is 28.3. The lowest BCUT2D eigenvalue weighted by Crippen LogP contribution is -2.64. The number of guanidine groups is 1. The van der Waals surface area contributed by atoms with E-state index < -0.39 is 23.7 Å². The summed E-state index contributed by atoms with van der Waals surface area (Å²) in [5.74, 6) is -0.633. The van der Waals surface area contributed by atoms with Crippen molar-refractivity contribution in [1.29, 1.82) is 0 Å². The predicted octanol–water partition coefficient (Wildman–Crippen LogP) is -2.59. The van der Waals surface area contributed by atoms with Crippen LogP contribution in [-0.2, 0) is 4.79 Å². The van der Waals surface area contributed by atoms with Crippen molar-refractivity contribution >= 4 is 29.9 Å². The van der Waals surface area contributed by atoms with E-state index in [0.29, 0.717) is 0 Å². The number of likely N-dealkylation sites (N-methyl/N-ethyl adjacent to an activating group) is 2. The van der Waals surface area contributed by atoms with Crippen LogP contribution in [0.25, 0.3) is 0 Å². The summed E-state index contributed by atoms with van der Waals surface area (Å²) in [6, 6.07) is 2.46. The van der Waals surface area contributed by atoms with Crippen LogP contribution in [0.3, 0.4) is 0 Å². The van der Waals surface area contributed by atoms with Crippen LogP contribution in [0.1, 0.15) is 5.56 Å². The number of amidine groups is 1. The van der Waals surface area contributed by atoms with Crippen LogP contribution in [0.15, 0.2) is 23.3 Å². The van der Waals surface area contributed by atoms with Gasteiger partial charge in [-0.05, 0) is 17.7 Å². The van der Waals surface area contributed by atoms with Gasteiger partial charge in [-0.25, -0.2) is 19.3 Å². The highest BCUT2D eigenvalue weighted by Crippen LogP contribution is 2.19. The zero-order valence-electron chi connectivity index (χ0n) is 14.7. The summed E-state index contributed by atoms with van der Waals surface area (Å²) < 4.78 is 4.26. The molecule has 1 atom stereocenters. The number of aromatic hydroxyl groups is 1. The Morgan fingerprint density at radius 3 is 2.74 bits per heavy atom. The van der Waals surface area contributed by atoms with Crippen LogP contribution >= 0.6 is 0 Å². The number of urea groups is 1. The number of fused-ring (bicyclic) bond motifs is 1. The van der Waals surface area contributed by atoms with E-state index >= 15 is 0 Å². The van der Waals surface area contributed by atoms with E-state index in [4.69, 9.17) is 0 Å². The molecule has 1 unspecified atom stereocenters. The number of carbonyl (C=O) groups is 2. The number of aliphatic hydroxyl groups excluding tert-OH is 1. The summed E-state index contributed by atoms with van der Waals surface area (Å²) in [7, 11) is 2.87. The third-order valence-corrected chi connectivity index (χ3v) is 4.24. The number of nitrogens with one attached hydrogen (secondary N) is 1. The van der Waals surface area contributed by atoms with E-state index in [1.165, 1.54) is 42.2 Å². The number of amides is 3. The third-order valence-electron chi connectivity index (χ3n) is 4.24. The molecular formula is C16H18N6O5. The summed E-state index contributed by atoms with van der Waals surface area (Å²) in [6.07, 6.45) is 1.25. The fourth-order valence-corrected chi connectivity index (χ4v) is 2.82. The van der Waals surface area contributed by atoms with Crippen LogP contribution in [0.4, 0.5) is 4.79 Å². The van der Waals surface area contributed by atoms with Gasteiger partial charge in [0.05, 0.1) is 26.4 Å². The number of rotatable bonds is 4. The Bertz CT molecular complexity index is 891. The Kier molecular flexibility index (Phi) is 4.72. The second-order valence-electron chi connectivity index (χ2n) is 5.94. The molecule has 0 aromatic heterocycles. The topological polar surface area (TPSA) is 146 Å². The molecule has 27 heavy (non-hydrogen) atoms. The Hall–Kier alpha value is -3.56. The maximum absolute atomic E-state index is 12.5. The molecule has 0 saturated carbocycles. The molecule has 11 heteroatoms. The van der Waals surface area contributed by atoms with Gasteiger partial charge >= 0.3 is 17.8 Å². The van der Waals surface area contributed by atoms with E-state index in [0.717, 1.165) is 11.0 Å². The summed E-state index contributed by atoms with van der Waals surface area (Å²) >= 11 is 0. The van der Waals surface area contributed by atoms with Gasteiger partial charge in [-0.3, -0.25) is 9.69 Å². The van der Waals surface area contributed by atoms with Crippen LogP contribution in [-0.4, -0.2) is 88.1 Å². The molecule has 11 nitrogen and oxygen atoms in total. The molecule has 3 amide bonds. The molecule has 0 spiro atoms. The first-order chi connectivity index (χ1) is 12.8. The second-order valence-corrected chi connectivity index (χ2v) is 5.94. The van der Waals surface area contributed by atoms with E-state index in [1.54, 1.807) is 0 Å². The standard InChI is InChI=1S/C16H18N6O5/c1-20-13-12(14(26)21(2)16(20)27)22(5-6-23)15(18-13)19-17-8-9-3-4-10(24)7-11(9)25/h3-4,7-8,12,23H,5-6H2,1-2H3,(H2,17,24,25). The van der Waals surface area contributed by atoms with Crippen molar-refractivity contribution in [2.24, 2.45) is 5.10 Å². The number of aliphatic hydroxyl groups is 1. The third kappa shape index (κ3) is 3.16. The normalized spacial score (nSPS) is 19.5. The Balaban J connectivity index is 1.87. The lowest BCUT2D eigenvalue weighted by molar-refractivity contribution is -0.268. The molecular weight excluding hydrogens is 356 g/mol. The van der Waals surface area contributed by atoms with Crippen molar-refractivity contribution in [3.63, 3.8) is 0 Å². The first-order valence-electron chi connectivity index (χ1n) is 8.02. The lowest BCUT2D eigenvalue weighted by Gasteiger charge is -2.31. The molecule has 0 aliphatic carbocycles. The average molecular weight is 374 g/mol. The number of nitrogens with zero attached hydrogens (tertiary/aromatic N) is 5. The Morgan fingerprint density at radius 1 is 1.33 bits per heavy atom. The number of hydrogen-bond acceptors (Lipinski definition) is 8. The Morgan fingerprint density at radius 2 is 2.07 bits per heavy atom. The maximum Gasteiger partial charge on any atom is 0.421 e. The quantitative estimate of drug-likeness (QED) is 0.298. The largest absolute Gasteiger partial charge is 0.872 e. The lowest BCUT2D eigenvalue weighted by atomic mass is 10.1. The minimum Gasteiger partial charge on any atom is -0.872 e. The molecule has 142 valence electrons. The van der Waals surface area contributed by atoms with Gasteiger partial charge in [0.2, 0.25) is 6.04 Å². The van der Waals surface area contributed by atoms with Crippen LogP contribution < -0.4 is 15.2 Å². The first kappa shape index (κ1) is 18.2. The number of benzene rings is 1. The SMILES string of the molecule is CN1C(=O)C2C(=[N+]=C(N/N=C/c3ccc(O)cc3[O-])N2CCO)N(C)C1=O.